The predicted molar refractivity (Wildman–Crippen MR) is 27.0 cm³/mol. The van der Waals surface area contributed by atoms with Crippen molar-refractivity contribution in [3.05, 3.63) is 0 Å². The highest BCUT2D eigenvalue weighted by Crippen LogP contribution is 2.04. The smallest absolute Gasteiger partial charge is 0.116 e. The average Bonchev–Trinajstić information content (AvgIpc) is 1.86. The molecular weight excluding hydrogens is 98.1 g/mol. The summed E-state index contributed by atoms with van der Waals surface area (Å²) in [6, 6.07) is 0. The van der Waals surface area contributed by atoms with Crippen molar-refractivity contribution in [2.75, 3.05) is 6.67 Å². The highest BCUT2D eigenvalue weighted by Gasteiger charge is 1.98. The van der Waals surface area contributed by atoms with Gasteiger partial charge in [-0.1, -0.05) is 0 Å². The van der Waals surface area contributed by atoms with Crippen LogP contribution in [-0.2, 0) is 0 Å². The van der Waals surface area contributed by atoms with Gasteiger partial charge in [0.2, 0.25) is 0 Å². The molecule has 0 saturated carbocycles. The van der Waals surface area contributed by atoms with Crippen LogP contribution in [0.25, 0.3) is 0 Å². The normalized spacial score (nSPS) is 22.8. The van der Waals surface area contributed by atoms with E-state index < -0.39 is 0 Å². The lowest BCUT2D eigenvalue weighted by molar-refractivity contribution is 0.530. The summed E-state index contributed by atoms with van der Waals surface area (Å²) >= 11 is 1.42. The molecule has 2 N–H and O–H groups in total. The van der Waals surface area contributed by atoms with Gasteiger partial charge in [0, 0.05) is 0 Å². The molecule has 0 spiro atoms. The van der Waals surface area contributed by atoms with Gasteiger partial charge in [-0.05, 0) is 11.9 Å². The molecule has 3 nitrogen and oxygen atoms in total. The first-order valence-corrected chi connectivity index (χ1v) is 2.40. The topological polar surface area (TPSA) is 41.6 Å². The Bertz CT molecular complexity index is 63.2. The standard InChI is InChI=1S/C2H5N3S/c3-5-1-4-2-6-5/h2H,1,3H2. The Labute approximate surface area is 40.3 Å². The second-order valence-corrected chi connectivity index (χ2v) is 1.84. The van der Waals surface area contributed by atoms with Crippen LogP contribution in [-0.4, -0.2) is 16.6 Å². The van der Waals surface area contributed by atoms with Gasteiger partial charge in [-0.3, -0.25) is 10.8 Å². The van der Waals surface area contributed by atoms with Gasteiger partial charge in [0.15, 0.2) is 0 Å². The van der Waals surface area contributed by atoms with Gasteiger partial charge < -0.3 is 0 Å². The van der Waals surface area contributed by atoms with Crippen LogP contribution in [0, 0.1) is 0 Å². The molecule has 0 atom stereocenters. The van der Waals surface area contributed by atoms with E-state index in [1.54, 1.807) is 9.96 Å². The SMILES string of the molecule is NN1CN=CS1. The van der Waals surface area contributed by atoms with E-state index in [1.807, 2.05) is 0 Å². The van der Waals surface area contributed by atoms with E-state index >= 15 is 0 Å². The fourth-order valence-electron chi connectivity index (χ4n) is 0.241. The summed E-state index contributed by atoms with van der Waals surface area (Å²) in [5.41, 5.74) is 1.72. The molecule has 0 amide bonds. The third-order valence-electron chi connectivity index (χ3n) is 0.478. The lowest BCUT2D eigenvalue weighted by Gasteiger charge is -1.97. The molecule has 1 heterocycles. The molecule has 1 rings (SSSR count). The monoisotopic (exact) mass is 103 g/mol. The molecule has 4 heteroatoms. The molecule has 6 heavy (non-hydrogen) atoms. The zero-order valence-corrected chi connectivity index (χ0v) is 3.98. The second kappa shape index (κ2) is 1.59. The van der Waals surface area contributed by atoms with Crippen molar-refractivity contribution in [3.8, 4) is 0 Å². The quantitative estimate of drug-likeness (QED) is 0.341. The molecule has 0 radical (unpaired) electrons. The van der Waals surface area contributed by atoms with Gasteiger partial charge in [-0.2, -0.15) is 4.41 Å². The minimum atomic E-state index is 0.630. The number of rotatable bonds is 0. The Hall–Kier alpha value is -0.0600. The van der Waals surface area contributed by atoms with E-state index in [-0.39, 0.29) is 0 Å². The van der Waals surface area contributed by atoms with Crippen LogP contribution in [0.4, 0.5) is 0 Å². The summed E-state index contributed by atoms with van der Waals surface area (Å²) in [5, 5.41) is 0. The largest absolute Gasteiger partial charge is 0.267 e. The van der Waals surface area contributed by atoms with E-state index in [9.17, 15) is 0 Å². The molecule has 0 bridgehead atoms. The van der Waals surface area contributed by atoms with Crippen LogP contribution in [0.5, 0.6) is 0 Å². The van der Waals surface area contributed by atoms with Gasteiger partial charge >= 0.3 is 0 Å². The van der Waals surface area contributed by atoms with Crippen molar-refractivity contribution in [2.45, 2.75) is 0 Å². The Kier molecular flexibility index (Phi) is 1.09. The Morgan fingerprint density at radius 1 is 2.00 bits per heavy atom. The zero-order valence-electron chi connectivity index (χ0n) is 3.16. The van der Waals surface area contributed by atoms with Crippen molar-refractivity contribution in [1.82, 2.24) is 4.41 Å². The molecule has 0 aromatic heterocycles. The molecular formula is C2H5N3S. The number of hydrogen-bond donors (Lipinski definition) is 1. The molecule has 0 saturated heterocycles. The van der Waals surface area contributed by atoms with Gasteiger partial charge in [-0.15, -0.1) is 0 Å². The first-order valence-electron chi connectivity index (χ1n) is 1.57. The molecule has 0 aromatic carbocycles. The number of aliphatic imine (C=N–C) groups is 1. The van der Waals surface area contributed by atoms with Gasteiger partial charge in [0.1, 0.15) is 6.67 Å². The van der Waals surface area contributed by atoms with Crippen molar-refractivity contribution >= 4 is 17.5 Å². The van der Waals surface area contributed by atoms with Gasteiger partial charge in [0.25, 0.3) is 0 Å². The summed E-state index contributed by atoms with van der Waals surface area (Å²) in [6.45, 7) is 0.630. The average molecular weight is 103 g/mol. The molecule has 0 aliphatic carbocycles. The molecule has 1 aliphatic rings. The van der Waals surface area contributed by atoms with E-state index in [2.05, 4.69) is 4.99 Å². The Balaban J connectivity index is 2.32. The van der Waals surface area contributed by atoms with Crippen molar-refractivity contribution in [1.29, 1.82) is 0 Å². The second-order valence-electron chi connectivity index (χ2n) is 0.952. The molecule has 1 aliphatic heterocycles. The first kappa shape index (κ1) is 4.11. The zero-order chi connectivity index (χ0) is 4.41. The van der Waals surface area contributed by atoms with Crippen LogP contribution >= 0.6 is 11.9 Å². The lowest BCUT2D eigenvalue weighted by Crippen LogP contribution is -2.19. The highest BCUT2D eigenvalue weighted by atomic mass is 32.2. The van der Waals surface area contributed by atoms with Crippen LogP contribution in [0.3, 0.4) is 0 Å². The summed E-state index contributed by atoms with van der Waals surface area (Å²) in [7, 11) is 0. The van der Waals surface area contributed by atoms with Crippen LogP contribution in [0.15, 0.2) is 4.99 Å². The first-order chi connectivity index (χ1) is 2.89. The van der Waals surface area contributed by atoms with Crippen molar-refractivity contribution in [2.24, 2.45) is 10.8 Å². The van der Waals surface area contributed by atoms with Crippen molar-refractivity contribution < 1.29 is 0 Å². The molecule has 0 unspecified atom stereocenters. The van der Waals surface area contributed by atoms with Crippen LogP contribution in [0.2, 0.25) is 0 Å². The summed E-state index contributed by atoms with van der Waals surface area (Å²) < 4.78 is 1.56. The third-order valence-corrected chi connectivity index (χ3v) is 1.11. The number of hydrazine groups is 1. The number of nitrogens with two attached hydrogens (primary N) is 1. The third kappa shape index (κ3) is 0.707. The Morgan fingerprint density at radius 3 is 3.00 bits per heavy atom. The fraction of sp³-hybridized carbons (Fsp3) is 0.500. The van der Waals surface area contributed by atoms with E-state index in [4.69, 9.17) is 5.84 Å². The fourth-order valence-corrected chi connectivity index (χ4v) is 0.629. The Morgan fingerprint density at radius 2 is 2.83 bits per heavy atom. The maximum absolute atomic E-state index is 5.21. The van der Waals surface area contributed by atoms with Crippen molar-refractivity contribution in [3.63, 3.8) is 0 Å². The van der Waals surface area contributed by atoms with Crippen LogP contribution < -0.4 is 5.84 Å². The molecule has 0 aromatic rings. The van der Waals surface area contributed by atoms with Crippen LogP contribution in [0.1, 0.15) is 0 Å². The summed E-state index contributed by atoms with van der Waals surface area (Å²) in [5.74, 6) is 5.21. The van der Waals surface area contributed by atoms with E-state index in [0.29, 0.717) is 6.67 Å². The van der Waals surface area contributed by atoms with Gasteiger partial charge in [-0.25, -0.2) is 0 Å². The minimum Gasteiger partial charge on any atom is -0.267 e. The summed E-state index contributed by atoms with van der Waals surface area (Å²) in [6.07, 6.45) is 0. The maximum Gasteiger partial charge on any atom is 0.116 e. The van der Waals surface area contributed by atoms with E-state index in [0.717, 1.165) is 0 Å². The number of nitrogens with zero attached hydrogens (tertiary/aromatic N) is 2. The predicted octanol–water partition coefficient (Wildman–Crippen LogP) is -0.190. The highest BCUT2D eigenvalue weighted by molar-refractivity contribution is 8.10. The lowest BCUT2D eigenvalue weighted by atomic mass is 11.2. The molecule has 34 valence electrons. The molecule has 0 fully saturated rings. The number of hydrogen-bond acceptors (Lipinski definition) is 4. The minimum absolute atomic E-state index is 0.630. The summed E-state index contributed by atoms with van der Waals surface area (Å²) in [4.78, 5) is 3.80. The maximum atomic E-state index is 5.21. The van der Waals surface area contributed by atoms with Gasteiger partial charge in [0.05, 0.1) is 5.55 Å². The van der Waals surface area contributed by atoms with E-state index in [1.165, 1.54) is 11.9 Å².